The molecule has 0 aliphatic rings. The van der Waals surface area contributed by atoms with Crippen LogP contribution in [0.4, 0.5) is 0 Å². The van der Waals surface area contributed by atoms with Gasteiger partial charge in [-0.05, 0) is 89.3 Å². The van der Waals surface area contributed by atoms with E-state index < -0.39 is 0 Å². The van der Waals surface area contributed by atoms with Crippen LogP contribution >= 0.6 is 22.6 Å². The van der Waals surface area contributed by atoms with Crippen molar-refractivity contribution in [2.75, 3.05) is 0 Å². The molecule has 5 rings (SSSR count). The molecule has 0 fully saturated rings. The Balaban J connectivity index is 1.27. The summed E-state index contributed by atoms with van der Waals surface area (Å²) in [6.07, 6.45) is 1.86. The highest BCUT2D eigenvalue weighted by Crippen LogP contribution is 2.24. The van der Waals surface area contributed by atoms with Crippen LogP contribution in [0.3, 0.4) is 0 Å². The highest BCUT2D eigenvalue weighted by molar-refractivity contribution is 14.1. The van der Waals surface area contributed by atoms with Crippen molar-refractivity contribution in [3.63, 3.8) is 0 Å². The normalized spacial score (nSPS) is 11.0. The van der Waals surface area contributed by atoms with Crippen LogP contribution in [0.15, 0.2) is 72.9 Å². The number of hydrogen-bond donors (Lipinski definition) is 3. The first kappa shape index (κ1) is 20.2. The number of ether oxygens (including phenoxy) is 1. The van der Waals surface area contributed by atoms with Crippen LogP contribution in [-0.4, -0.2) is 30.8 Å². The quantitative estimate of drug-likeness (QED) is 0.171. The summed E-state index contributed by atoms with van der Waals surface area (Å²) in [6, 6.07) is 21.2. The number of aromatic nitrogens is 5. The second-order valence-electron chi connectivity index (χ2n) is 7.17. The van der Waals surface area contributed by atoms with Crippen LogP contribution in [0, 0.1) is 8.98 Å². The molecule has 0 unspecified atom stereocenters. The van der Waals surface area contributed by atoms with E-state index in [4.69, 9.17) is 15.9 Å². The van der Waals surface area contributed by atoms with Crippen molar-refractivity contribution < 1.29 is 4.74 Å². The van der Waals surface area contributed by atoms with Gasteiger partial charge in [-0.15, -0.1) is 5.10 Å². The summed E-state index contributed by atoms with van der Waals surface area (Å²) in [5.41, 5.74) is 10.5. The topological polar surface area (TPSA) is 118 Å². The summed E-state index contributed by atoms with van der Waals surface area (Å²) in [6.45, 7) is 0.322. The molecule has 0 radical (unpaired) electrons. The first-order chi connectivity index (χ1) is 15.5. The Bertz CT molecular complexity index is 1400. The van der Waals surface area contributed by atoms with E-state index in [0.29, 0.717) is 12.2 Å². The van der Waals surface area contributed by atoms with E-state index >= 15 is 0 Å². The molecular weight excluding hydrogens is 517 g/mol. The van der Waals surface area contributed by atoms with Crippen LogP contribution in [0.25, 0.3) is 28.1 Å². The Morgan fingerprint density at radius 1 is 1.06 bits per heavy atom. The van der Waals surface area contributed by atoms with Crippen LogP contribution in [-0.2, 0) is 6.61 Å². The lowest BCUT2D eigenvalue weighted by atomic mass is 10.2. The maximum absolute atomic E-state index is 7.58. The molecule has 0 bridgehead atoms. The molecule has 9 heteroatoms. The summed E-state index contributed by atoms with van der Waals surface area (Å²) < 4.78 is 8.77. The zero-order chi connectivity index (χ0) is 22.1. The van der Waals surface area contributed by atoms with Gasteiger partial charge in [-0.2, -0.15) is 0 Å². The molecule has 0 saturated heterocycles. The summed E-state index contributed by atoms with van der Waals surface area (Å²) in [5, 5.41) is 15.9. The van der Waals surface area contributed by atoms with Gasteiger partial charge in [0.15, 0.2) is 0 Å². The average Bonchev–Trinajstić information content (AvgIpc) is 3.45. The number of nitrogens with one attached hydrogen (secondary N) is 2. The minimum atomic E-state index is 0.0307. The standard InChI is InChI=1S/C23H18IN7O/c24-16-4-6-18(7-5-16)31-12-17(29-30-31)13-32-19-8-1-14(2-9-19)23-27-20-10-3-15(22(25)26)11-21(20)28-23/h1-12H,13H2,(H3,25,26)(H,27,28). The Kier molecular flexibility index (Phi) is 5.31. The smallest absolute Gasteiger partial charge is 0.138 e. The van der Waals surface area contributed by atoms with Gasteiger partial charge in [-0.3, -0.25) is 5.41 Å². The van der Waals surface area contributed by atoms with Crippen molar-refractivity contribution in [2.45, 2.75) is 6.61 Å². The zero-order valence-corrected chi connectivity index (χ0v) is 18.9. The van der Waals surface area contributed by atoms with E-state index in [1.165, 1.54) is 3.57 Å². The number of halogens is 1. The monoisotopic (exact) mass is 535 g/mol. The fraction of sp³-hybridized carbons (Fsp3) is 0.0435. The third-order valence-electron chi connectivity index (χ3n) is 4.94. The number of nitrogens with zero attached hydrogens (tertiary/aromatic N) is 4. The molecule has 0 saturated carbocycles. The molecule has 0 amide bonds. The van der Waals surface area contributed by atoms with Crippen LogP contribution in [0.1, 0.15) is 11.3 Å². The highest BCUT2D eigenvalue weighted by atomic mass is 127. The number of aromatic amines is 1. The van der Waals surface area contributed by atoms with Crippen molar-refractivity contribution in [2.24, 2.45) is 5.73 Å². The van der Waals surface area contributed by atoms with E-state index in [2.05, 4.69) is 42.9 Å². The van der Waals surface area contributed by atoms with E-state index in [-0.39, 0.29) is 5.84 Å². The third kappa shape index (κ3) is 4.19. The van der Waals surface area contributed by atoms with Gasteiger partial charge in [-0.1, -0.05) is 5.21 Å². The van der Waals surface area contributed by atoms with E-state index in [1.807, 2.05) is 66.9 Å². The van der Waals surface area contributed by atoms with Gasteiger partial charge >= 0.3 is 0 Å². The number of imidazole rings is 1. The minimum absolute atomic E-state index is 0.0307. The molecule has 158 valence electrons. The molecule has 4 N–H and O–H groups in total. The van der Waals surface area contributed by atoms with Crippen LogP contribution < -0.4 is 10.5 Å². The summed E-state index contributed by atoms with van der Waals surface area (Å²) in [4.78, 5) is 7.89. The molecular formula is C23H18IN7O. The molecule has 0 aliphatic heterocycles. The molecule has 0 aliphatic carbocycles. The molecule has 2 heterocycles. The van der Waals surface area contributed by atoms with Crippen LogP contribution in [0.2, 0.25) is 0 Å². The van der Waals surface area contributed by atoms with E-state index in [9.17, 15) is 0 Å². The highest BCUT2D eigenvalue weighted by Gasteiger charge is 2.08. The lowest BCUT2D eigenvalue weighted by molar-refractivity contribution is 0.301. The van der Waals surface area contributed by atoms with Gasteiger partial charge in [0.2, 0.25) is 0 Å². The number of H-pyrrole nitrogens is 1. The van der Waals surface area contributed by atoms with Gasteiger partial charge in [0.1, 0.15) is 29.7 Å². The zero-order valence-electron chi connectivity index (χ0n) is 16.8. The van der Waals surface area contributed by atoms with E-state index in [0.717, 1.165) is 39.6 Å². The summed E-state index contributed by atoms with van der Waals surface area (Å²) in [7, 11) is 0. The fourth-order valence-corrected chi connectivity index (χ4v) is 3.62. The van der Waals surface area contributed by atoms with Gasteiger partial charge < -0.3 is 15.5 Å². The number of fused-ring (bicyclic) bond motifs is 1. The van der Waals surface area contributed by atoms with Crippen molar-refractivity contribution in [3.8, 4) is 22.8 Å². The van der Waals surface area contributed by atoms with Gasteiger partial charge in [0.25, 0.3) is 0 Å². The lowest BCUT2D eigenvalue weighted by Crippen LogP contribution is -2.10. The second-order valence-corrected chi connectivity index (χ2v) is 8.42. The predicted molar refractivity (Wildman–Crippen MR) is 131 cm³/mol. The summed E-state index contributed by atoms with van der Waals surface area (Å²) >= 11 is 2.27. The first-order valence-corrected chi connectivity index (χ1v) is 10.9. The minimum Gasteiger partial charge on any atom is -0.487 e. The maximum atomic E-state index is 7.58. The number of nitrogen functional groups attached to an aromatic ring is 1. The largest absolute Gasteiger partial charge is 0.487 e. The first-order valence-electron chi connectivity index (χ1n) is 9.80. The van der Waals surface area contributed by atoms with Gasteiger partial charge in [0.05, 0.1) is 22.9 Å². The molecule has 5 aromatic rings. The summed E-state index contributed by atoms with van der Waals surface area (Å²) in [5.74, 6) is 1.50. The SMILES string of the molecule is N=C(N)c1ccc2nc(-c3ccc(OCc4cn(-c5ccc(I)cc5)nn4)cc3)[nH]c2c1. The number of benzene rings is 3. The van der Waals surface area contributed by atoms with Crippen molar-refractivity contribution >= 4 is 39.5 Å². The van der Waals surface area contributed by atoms with Crippen LogP contribution in [0.5, 0.6) is 5.75 Å². The maximum Gasteiger partial charge on any atom is 0.138 e. The Morgan fingerprint density at radius 2 is 1.84 bits per heavy atom. The average molecular weight is 535 g/mol. The third-order valence-corrected chi connectivity index (χ3v) is 5.66. The molecule has 2 aromatic heterocycles. The van der Waals surface area contributed by atoms with Crippen molar-refractivity contribution in [3.05, 3.63) is 87.8 Å². The number of nitrogens with two attached hydrogens (primary N) is 1. The van der Waals surface area contributed by atoms with Gasteiger partial charge in [-0.25, -0.2) is 9.67 Å². The molecule has 8 nitrogen and oxygen atoms in total. The number of hydrogen-bond acceptors (Lipinski definition) is 5. The molecule has 3 aromatic carbocycles. The van der Waals surface area contributed by atoms with Gasteiger partial charge in [0, 0.05) is 14.7 Å². The van der Waals surface area contributed by atoms with Crippen molar-refractivity contribution in [1.82, 2.24) is 25.0 Å². The Morgan fingerprint density at radius 3 is 2.59 bits per heavy atom. The number of amidine groups is 1. The second kappa shape index (κ2) is 8.42. The number of rotatable bonds is 6. The predicted octanol–water partition coefficient (Wildman–Crippen LogP) is 4.28. The Hall–Kier alpha value is -3.73. The fourth-order valence-electron chi connectivity index (χ4n) is 3.26. The lowest BCUT2D eigenvalue weighted by Gasteiger charge is -2.04. The molecule has 0 atom stereocenters. The van der Waals surface area contributed by atoms with Crippen molar-refractivity contribution in [1.29, 1.82) is 5.41 Å². The molecule has 0 spiro atoms. The Labute approximate surface area is 197 Å². The molecule has 32 heavy (non-hydrogen) atoms. The van der Waals surface area contributed by atoms with E-state index in [1.54, 1.807) is 10.7 Å².